The van der Waals surface area contributed by atoms with Crippen molar-refractivity contribution < 1.29 is 4.79 Å². The molecule has 0 saturated heterocycles. The summed E-state index contributed by atoms with van der Waals surface area (Å²) < 4.78 is 0. The molecule has 8 heteroatoms. The molecule has 0 fully saturated rings. The maximum atomic E-state index is 12.6. The van der Waals surface area contributed by atoms with Crippen LogP contribution in [0.15, 0.2) is 35.4 Å². The zero-order chi connectivity index (χ0) is 18.1. The maximum absolute atomic E-state index is 12.6. The van der Waals surface area contributed by atoms with Gasteiger partial charge in [0.15, 0.2) is 5.82 Å². The number of aromatic nitrogens is 4. The summed E-state index contributed by atoms with van der Waals surface area (Å²) in [5, 5.41) is 3.93. The Hall–Kier alpha value is -2.87. The Labute approximate surface area is 153 Å². The number of carbonyl (C=O) groups is 1. The Morgan fingerprint density at radius 2 is 2.23 bits per heavy atom. The van der Waals surface area contributed by atoms with Crippen LogP contribution in [0.4, 0.5) is 0 Å². The van der Waals surface area contributed by atoms with Crippen LogP contribution >= 0.6 is 11.3 Å². The minimum atomic E-state index is -0.483. The molecule has 4 rings (SSSR count). The molecule has 1 atom stereocenters. The van der Waals surface area contributed by atoms with Crippen LogP contribution in [-0.2, 0) is 6.42 Å². The molecule has 1 aliphatic carbocycles. The molecule has 1 amide bonds. The molecule has 1 aliphatic rings. The largest absolute Gasteiger partial charge is 0.343 e. The van der Waals surface area contributed by atoms with Crippen LogP contribution in [0.5, 0.6) is 0 Å². The van der Waals surface area contributed by atoms with Crippen molar-refractivity contribution in [1.82, 2.24) is 25.3 Å². The highest BCUT2D eigenvalue weighted by atomic mass is 32.1. The second-order valence-electron chi connectivity index (χ2n) is 6.15. The predicted octanol–water partition coefficient (Wildman–Crippen LogP) is 2.40. The third-order valence-corrected chi connectivity index (χ3v) is 5.36. The van der Waals surface area contributed by atoms with Crippen molar-refractivity contribution in [3.05, 3.63) is 62.1 Å². The lowest BCUT2D eigenvalue weighted by molar-refractivity contribution is 0.0930. The van der Waals surface area contributed by atoms with E-state index >= 15 is 0 Å². The number of hydrogen-bond donors (Lipinski definition) is 2. The van der Waals surface area contributed by atoms with E-state index in [-0.39, 0.29) is 11.6 Å². The molecule has 26 heavy (non-hydrogen) atoms. The first-order chi connectivity index (χ1) is 12.6. The molecule has 0 saturated carbocycles. The number of amides is 1. The van der Waals surface area contributed by atoms with E-state index in [0.717, 1.165) is 30.0 Å². The van der Waals surface area contributed by atoms with E-state index < -0.39 is 11.5 Å². The Morgan fingerprint density at radius 1 is 1.35 bits per heavy atom. The highest BCUT2D eigenvalue weighted by Gasteiger charge is 2.26. The summed E-state index contributed by atoms with van der Waals surface area (Å²) in [6.45, 7) is 1.97. The number of H-pyrrole nitrogens is 1. The number of nitrogens with one attached hydrogen (secondary N) is 2. The number of thiazole rings is 1. The van der Waals surface area contributed by atoms with Gasteiger partial charge in [-0.3, -0.25) is 14.6 Å². The van der Waals surface area contributed by atoms with Gasteiger partial charge in [0.05, 0.1) is 16.7 Å². The third kappa shape index (κ3) is 3.15. The smallest absolute Gasteiger partial charge is 0.264 e. The Morgan fingerprint density at radius 3 is 3.00 bits per heavy atom. The molecule has 3 aromatic heterocycles. The van der Waals surface area contributed by atoms with E-state index in [4.69, 9.17) is 0 Å². The number of aryl methyl sites for hydroxylation is 2. The third-order valence-electron chi connectivity index (χ3n) is 4.32. The number of hydrogen-bond acceptors (Lipinski definition) is 6. The summed E-state index contributed by atoms with van der Waals surface area (Å²) in [4.78, 5) is 41.7. The fourth-order valence-electron chi connectivity index (χ4n) is 3.11. The van der Waals surface area contributed by atoms with Crippen molar-refractivity contribution in [3.8, 4) is 11.5 Å². The van der Waals surface area contributed by atoms with Gasteiger partial charge in [0, 0.05) is 17.3 Å². The molecule has 0 bridgehead atoms. The summed E-state index contributed by atoms with van der Waals surface area (Å²) in [6, 6.07) is 5.17. The van der Waals surface area contributed by atoms with Gasteiger partial charge in [-0.05, 0) is 38.3 Å². The number of pyridine rings is 1. The average Bonchev–Trinajstić information content (AvgIpc) is 3.03. The van der Waals surface area contributed by atoms with Gasteiger partial charge in [0.2, 0.25) is 0 Å². The second kappa shape index (κ2) is 6.80. The van der Waals surface area contributed by atoms with Gasteiger partial charge >= 0.3 is 0 Å². The molecule has 132 valence electrons. The Balaban J connectivity index is 1.57. The highest BCUT2D eigenvalue weighted by molar-refractivity contribution is 7.11. The van der Waals surface area contributed by atoms with Crippen molar-refractivity contribution >= 4 is 17.2 Å². The van der Waals surface area contributed by atoms with Crippen LogP contribution in [-0.4, -0.2) is 25.8 Å². The first-order valence-corrected chi connectivity index (χ1v) is 9.21. The minimum Gasteiger partial charge on any atom is -0.343 e. The summed E-state index contributed by atoms with van der Waals surface area (Å²) in [7, 11) is 0. The molecule has 3 aromatic rings. The van der Waals surface area contributed by atoms with Crippen LogP contribution < -0.4 is 10.9 Å². The summed E-state index contributed by atoms with van der Waals surface area (Å²) in [5.41, 5.74) is 0.987. The molecule has 1 unspecified atom stereocenters. The normalized spacial score (nSPS) is 16.1. The van der Waals surface area contributed by atoms with E-state index in [1.54, 1.807) is 35.7 Å². The van der Waals surface area contributed by atoms with Gasteiger partial charge in [-0.25, -0.2) is 9.97 Å². The summed E-state index contributed by atoms with van der Waals surface area (Å²) in [6.07, 6.45) is 5.72. The monoisotopic (exact) mass is 367 g/mol. The van der Waals surface area contributed by atoms with Crippen LogP contribution in [0, 0.1) is 6.92 Å². The first kappa shape index (κ1) is 16.6. The highest BCUT2D eigenvalue weighted by Crippen LogP contribution is 2.33. The molecule has 0 spiro atoms. The zero-order valence-electron chi connectivity index (χ0n) is 14.2. The van der Waals surface area contributed by atoms with Crippen molar-refractivity contribution in [3.63, 3.8) is 0 Å². The molecular weight excluding hydrogens is 350 g/mol. The van der Waals surface area contributed by atoms with E-state index in [9.17, 15) is 9.59 Å². The topological polar surface area (TPSA) is 101 Å². The number of carbonyl (C=O) groups excluding carboxylic acids is 1. The average molecular weight is 367 g/mol. The second-order valence-corrected chi connectivity index (χ2v) is 7.44. The number of nitrogens with zero attached hydrogens (tertiary/aromatic N) is 3. The lowest BCUT2D eigenvalue weighted by Crippen LogP contribution is -2.34. The molecule has 0 aromatic carbocycles. The molecule has 2 N–H and O–H groups in total. The van der Waals surface area contributed by atoms with Crippen LogP contribution in [0.1, 0.15) is 44.8 Å². The summed E-state index contributed by atoms with van der Waals surface area (Å²) >= 11 is 1.67. The van der Waals surface area contributed by atoms with Gasteiger partial charge in [0.1, 0.15) is 11.3 Å². The molecule has 0 aliphatic heterocycles. The van der Waals surface area contributed by atoms with Crippen LogP contribution in [0.25, 0.3) is 11.5 Å². The van der Waals surface area contributed by atoms with E-state index in [1.165, 1.54) is 11.1 Å². The standard InChI is InChI=1S/C18H17N5O2S/c1-10-21-15-12(6-4-7-14(15)26-10)22-17(24)11-9-20-16(23-18(11)25)13-5-2-3-8-19-13/h2-3,5,8-9,12H,4,6-7H2,1H3,(H,22,24)(H,20,23,25). The predicted molar refractivity (Wildman–Crippen MR) is 98.1 cm³/mol. The minimum absolute atomic E-state index is 0.0104. The fraction of sp³-hybridized carbons (Fsp3) is 0.278. The lowest BCUT2D eigenvalue weighted by Gasteiger charge is -2.22. The first-order valence-electron chi connectivity index (χ1n) is 8.39. The van der Waals surface area contributed by atoms with Crippen molar-refractivity contribution in [1.29, 1.82) is 0 Å². The Bertz CT molecular complexity index is 1010. The molecular formula is C18H17N5O2S. The zero-order valence-corrected chi connectivity index (χ0v) is 15.0. The van der Waals surface area contributed by atoms with E-state index in [2.05, 4.69) is 25.3 Å². The van der Waals surface area contributed by atoms with Gasteiger partial charge in [-0.2, -0.15) is 0 Å². The molecule has 0 radical (unpaired) electrons. The number of aromatic amines is 1. The lowest BCUT2D eigenvalue weighted by atomic mass is 9.97. The van der Waals surface area contributed by atoms with Gasteiger partial charge in [-0.15, -0.1) is 11.3 Å². The summed E-state index contributed by atoms with van der Waals surface area (Å²) in [5.74, 6) is -0.1000. The SMILES string of the molecule is Cc1nc2c(s1)CCCC2NC(=O)c1cnc(-c2ccccn2)[nH]c1=O. The van der Waals surface area contributed by atoms with Crippen LogP contribution in [0.3, 0.4) is 0 Å². The quantitative estimate of drug-likeness (QED) is 0.740. The number of rotatable bonds is 3. The van der Waals surface area contributed by atoms with E-state index in [0.29, 0.717) is 11.5 Å². The molecule has 3 heterocycles. The van der Waals surface area contributed by atoms with Crippen molar-refractivity contribution in [2.45, 2.75) is 32.2 Å². The van der Waals surface area contributed by atoms with E-state index in [1.807, 2.05) is 6.92 Å². The van der Waals surface area contributed by atoms with Gasteiger partial charge < -0.3 is 10.3 Å². The molecule has 7 nitrogen and oxygen atoms in total. The van der Waals surface area contributed by atoms with Gasteiger partial charge in [-0.1, -0.05) is 6.07 Å². The maximum Gasteiger partial charge on any atom is 0.264 e. The van der Waals surface area contributed by atoms with Crippen LogP contribution in [0.2, 0.25) is 0 Å². The van der Waals surface area contributed by atoms with Crippen molar-refractivity contribution in [2.24, 2.45) is 0 Å². The van der Waals surface area contributed by atoms with Gasteiger partial charge in [0.25, 0.3) is 11.5 Å². The van der Waals surface area contributed by atoms with Crippen molar-refractivity contribution in [2.75, 3.05) is 0 Å². The number of fused-ring (bicyclic) bond motifs is 1. The fourth-order valence-corrected chi connectivity index (χ4v) is 4.15. The Kier molecular flexibility index (Phi) is 4.34.